The van der Waals surface area contributed by atoms with Gasteiger partial charge in [-0.2, -0.15) is 0 Å². The van der Waals surface area contributed by atoms with E-state index in [0.29, 0.717) is 16.8 Å². The van der Waals surface area contributed by atoms with E-state index in [0.717, 1.165) is 57.5 Å². The van der Waals surface area contributed by atoms with Crippen molar-refractivity contribution in [3.05, 3.63) is 59.7 Å². The molecule has 2 aromatic rings. The average Bonchev–Trinajstić information content (AvgIpc) is 3.17. The van der Waals surface area contributed by atoms with E-state index in [9.17, 15) is 14.4 Å². The second-order valence-electron chi connectivity index (χ2n) is 9.06. The van der Waals surface area contributed by atoms with Crippen molar-refractivity contribution >= 4 is 29.1 Å². The van der Waals surface area contributed by atoms with Crippen LogP contribution in [0.2, 0.25) is 0 Å². The standard InChI is InChI=1S/C28H38N4O3/c1-3-17-31(18-4-2)27(34)22-9-13-24(14-10-22)29-21-26(33)30-25-15-11-23(12-16-25)28(35)32-19-7-5-6-8-20-32/h9-16,29H,3-8,17-21H2,1-2H3,(H,30,33). The molecular weight excluding hydrogens is 440 g/mol. The smallest absolute Gasteiger partial charge is 0.253 e. The van der Waals surface area contributed by atoms with Crippen molar-refractivity contribution in [2.75, 3.05) is 43.4 Å². The van der Waals surface area contributed by atoms with Crippen molar-refractivity contribution in [3.8, 4) is 0 Å². The first-order chi connectivity index (χ1) is 17.0. The number of amides is 3. The van der Waals surface area contributed by atoms with Crippen LogP contribution < -0.4 is 10.6 Å². The van der Waals surface area contributed by atoms with Crippen LogP contribution in [-0.2, 0) is 4.79 Å². The second-order valence-corrected chi connectivity index (χ2v) is 9.06. The first-order valence-corrected chi connectivity index (χ1v) is 12.8. The third kappa shape index (κ3) is 7.84. The molecule has 0 atom stereocenters. The average molecular weight is 479 g/mol. The molecule has 1 saturated heterocycles. The van der Waals surface area contributed by atoms with Gasteiger partial charge in [0.25, 0.3) is 11.8 Å². The van der Waals surface area contributed by atoms with Crippen LogP contribution in [0.5, 0.6) is 0 Å². The minimum absolute atomic E-state index is 0.0377. The lowest BCUT2D eigenvalue weighted by atomic mass is 10.1. The monoisotopic (exact) mass is 478 g/mol. The molecule has 0 bridgehead atoms. The van der Waals surface area contributed by atoms with Crippen molar-refractivity contribution in [1.82, 2.24) is 9.80 Å². The van der Waals surface area contributed by atoms with Gasteiger partial charge in [0.2, 0.25) is 5.91 Å². The highest BCUT2D eigenvalue weighted by Crippen LogP contribution is 2.16. The molecule has 188 valence electrons. The number of anilines is 2. The first kappa shape index (κ1) is 26.3. The van der Waals surface area contributed by atoms with E-state index in [-0.39, 0.29) is 24.3 Å². The summed E-state index contributed by atoms with van der Waals surface area (Å²) in [4.78, 5) is 41.6. The third-order valence-electron chi connectivity index (χ3n) is 6.17. The molecule has 0 spiro atoms. The summed E-state index contributed by atoms with van der Waals surface area (Å²) in [5.41, 5.74) is 2.72. The van der Waals surface area contributed by atoms with E-state index < -0.39 is 0 Å². The van der Waals surface area contributed by atoms with Crippen LogP contribution in [0.3, 0.4) is 0 Å². The number of hydrogen-bond donors (Lipinski definition) is 2. The maximum absolute atomic E-state index is 12.7. The highest BCUT2D eigenvalue weighted by molar-refractivity contribution is 5.97. The number of rotatable bonds is 10. The lowest BCUT2D eigenvalue weighted by Crippen LogP contribution is -2.32. The number of benzene rings is 2. The Bertz CT molecular complexity index is 959. The van der Waals surface area contributed by atoms with E-state index in [2.05, 4.69) is 24.5 Å². The number of carbonyl (C=O) groups excluding carboxylic acids is 3. The molecule has 1 aliphatic rings. The minimum atomic E-state index is -0.186. The Hall–Kier alpha value is -3.35. The molecule has 3 amide bonds. The fourth-order valence-electron chi connectivity index (χ4n) is 4.31. The van der Waals surface area contributed by atoms with E-state index in [4.69, 9.17) is 0 Å². The van der Waals surface area contributed by atoms with Gasteiger partial charge in [0.15, 0.2) is 0 Å². The zero-order chi connectivity index (χ0) is 25.0. The molecule has 1 heterocycles. The molecule has 1 aliphatic heterocycles. The van der Waals surface area contributed by atoms with Crippen molar-refractivity contribution in [1.29, 1.82) is 0 Å². The van der Waals surface area contributed by atoms with Gasteiger partial charge in [0.05, 0.1) is 6.54 Å². The van der Waals surface area contributed by atoms with E-state index >= 15 is 0 Å². The van der Waals surface area contributed by atoms with Crippen LogP contribution in [-0.4, -0.2) is 60.2 Å². The molecule has 7 heteroatoms. The molecule has 0 unspecified atom stereocenters. The van der Waals surface area contributed by atoms with Gasteiger partial charge >= 0.3 is 0 Å². The molecule has 2 aromatic carbocycles. The lowest BCUT2D eigenvalue weighted by molar-refractivity contribution is -0.114. The predicted molar refractivity (Wildman–Crippen MR) is 141 cm³/mol. The minimum Gasteiger partial charge on any atom is -0.376 e. The molecule has 35 heavy (non-hydrogen) atoms. The molecule has 0 radical (unpaired) electrons. The summed E-state index contributed by atoms with van der Waals surface area (Å²) in [5, 5.41) is 5.94. The quantitative estimate of drug-likeness (QED) is 0.503. The summed E-state index contributed by atoms with van der Waals surface area (Å²) in [6.45, 7) is 7.36. The third-order valence-corrected chi connectivity index (χ3v) is 6.17. The highest BCUT2D eigenvalue weighted by Gasteiger charge is 2.17. The number of carbonyl (C=O) groups is 3. The normalized spacial score (nSPS) is 13.6. The van der Waals surface area contributed by atoms with Crippen LogP contribution >= 0.6 is 0 Å². The Balaban J connectivity index is 1.48. The molecule has 0 saturated carbocycles. The highest BCUT2D eigenvalue weighted by atomic mass is 16.2. The maximum atomic E-state index is 12.7. The van der Waals surface area contributed by atoms with E-state index in [1.54, 1.807) is 36.4 Å². The fourth-order valence-corrected chi connectivity index (χ4v) is 4.31. The van der Waals surface area contributed by atoms with Crippen molar-refractivity contribution in [2.45, 2.75) is 52.4 Å². The van der Waals surface area contributed by atoms with Crippen LogP contribution in [0.15, 0.2) is 48.5 Å². The summed E-state index contributed by atoms with van der Waals surface area (Å²) < 4.78 is 0. The Morgan fingerprint density at radius 1 is 0.771 bits per heavy atom. The molecule has 0 aromatic heterocycles. The van der Waals surface area contributed by atoms with Gasteiger partial charge in [-0.25, -0.2) is 0 Å². The maximum Gasteiger partial charge on any atom is 0.253 e. The lowest BCUT2D eigenvalue weighted by Gasteiger charge is -2.21. The Morgan fingerprint density at radius 3 is 1.89 bits per heavy atom. The summed E-state index contributed by atoms with van der Waals surface area (Å²) in [6.07, 6.45) is 6.34. The summed E-state index contributed by atoms with van der Waals surface area (Å²) in [5.74, 6) is -0.0922. The number of likely N-dealkylation sites (tertiary alicyclic amines) is 1. The van der Waals surface area contributed by atoms with Crippen LogP contribution in [0.25, 0.3) is 0 Å². The molecular formula is C28H38N4O3. The zero-order valence-corrected chi connectivity index (χ0v) is 21.0. The summed E-state index contributed by atoms with van der Waals surface area (Å²) in [7, 11) is 0. The molecule has 2 N–H and O–H groups in total. The van der Waals surface area contributed by atoms with Crippen LogP contribution in [0.1, 0.15) is 73.1 Å². The van der Waals surface area contributed by atoms with Crippen molar-refractivity contribution in [2.24, 2.45) is 0 Å². The number of hydrogen-bond acceptors (Lipinski definition) is 4. The van der Waals surface area contributed by atoms with Crippen molar-refractivity contribution in [3.63, 3.8) is 0 Å². The first-order valence-electron chi connectivity index (χ1n) is 12.8. The van der Waals surface area contributed by atoms with Gasteiger partial charge in [0, 0.05) is 48.7 Å². The number of nitrogens with zero attached hydrogens (tertiary/aromatic N) is 2. The summed E-state index contributed by atoms with van der Waals surface area (Å²) >= 11 is 0. The predicted octanol–water partition coefficient (Wildman–Crippen LogP) is 5.02. The van der Waals surface area contributed by atoms with Gasteiger partial charge in [-0.05, 0) is 74.2 Å². The van der Waals surface area contributed by atoms with Gasteiger partial charge < -0.3 is 20.4 Å². The molecule has 3 rings (SSSR count). The Morgan fingerprint density at radius 2 is 1.31 bits per heavy atom. The van der Waals surface area contributed by atoms with Gasteiger partial charge in [-0.3, -0.25) is 14.4 Å². The summed E-state index contributed by atoms with van der Waals surface area (Å²) in [6, 6.07) is 14.3. The van der Waals surface area contributed by atoms with Crippen LogP contribution in [0, 0.1) is 0 Å². The Labute approximate surface area is 208 Å². The van der Waals surface area contributed by atoms with E-state index in [1.807, 2.05) is 21.9 Å². The second kappa shape index (κ2) is 13.5. The van der Waals surface area contributed by atoms with Crippen LogP contribution in [0.4, 0.5) is 11.4 Å². The van der Waals surface area contributed by atoms with Gasteiger partial charge in [0.1, 0.15) is 0 Å². The topological polar surface area (TPSA) is 81.8 Å². The van der Waals surface area contributed by atoms with Gasteiger partial charge in [-0.15, -0.1) is 0 Å². The Kier molecular flexibility index (Phi) is 10.1. The molecule has 0 aliphatic carbocycles. The van der Waals surface area contributed by atoms with E-state index in [1.165, 1.54) is 12.8 Å². The fraction of sp³-hybridized carbons (Fsp3) is 0.464. The van der Waals surface area contributed by atoms with Crippen molar-refractivity contribution < 1.29 is 14.4 Å². The number of nitrogens with one attached hydrogen (secondary N) is 2. The zero-order valence-electron chi connectivity index (χ0n) is 21.0. The molecule has 1 fully saturated rings. The SMILES string of the molecule is CCCN(CCC)C(=O)c1ccc(NCC(=O)Nc2ccc(C(=O)N3CCCCCC3)cc2)cc1. The molecule has 7 nitrogen and oxygen atoms in total. The van der Waals surface area contributed by atoms with Gasteiger partial charge in [-0.1, -0.05) is 26.7 Å². The largest absolute Gasteiger partial charge is 0.376 e.